The SMILES string of the molecule is CCOC(=O)C1=C(c2ccccc2)N=C2SC=C(CC(=O)N[C@H](C)CC)N2[C@H]1c1ccc(C)cc1. The zero-order valence-electron chi connectivity index (χ0n) is 20.6. The summed E-state index contributed by atoms with van der Waals surface area (Å²) >= 11 is 1.48. The first-order valence-corrected chi connectivity index (χ1v) is 12.9. The number of ether oxygens (including phenoxy) is 1. The quantitative estimate of drug-likeness (QED) is 0.491. The number of thioether (sulfide) groups is 1. The van der Waals surface area contributed by atoms with E-state index in [1.54, 1.807) is 6.92 Å². The third kappa shape index (κ3) is 5.35. The summed E-state index contributed by atoms with van der Waals surface area (Å²) in [5.74, 6) is -0.453. The number of fused-ring (bicyclic) bond motifs is 1. The molecule has 0 aliphatic carbocycles. The number of benzene rings is 2. The summed E-state index contributed by atoms with van der Waals surface area (Å²) in [6.07, 6.45) is 1.06. The average molecular weight is 490 g/mol. The van der Waals surface area contributed by atoms with E-state index < -0.39 is 12.0 Å². The number of aryl methyl sites for hydroxylation is 1. The highest BCUT2D eigenvalue weighted by Gasteiger charge is 2.42. The van der Waals surface area contributed by atoms with E-state index in [2.05, 4.69) is 5.32 Å². The van der Waals surface area contributed by atoms with Gasteiger partial charge in [0.1, 0.15) is 0 Å². The van der Waals surface area contributed by atoms with Crippen molar-refractivity contribution in [3.63, 3.8) is 0 Å². The van der Waals surface area contributed by atoms with Gasteiger partial charge in [-0.25, -0.2) is 9.79 Å². The van der Waals surface area contributed by atoms with E-state index in [0.717, 1.165) is 34.0 Å². The summed E-state index contributed by atoms with van der Waals surface area (Å²) in [5, 5.41) is 5.75. The van der Waals surface area contributed by atoms with Gasteiger partial charge in [-0.15, -0.1) is 0 Å². The molecule has 0 spiro atoms. The zero-order chi connectivity index (χ0) is 24.9. The fourth-order valence-electron chi connectivity index (χ4n) is 4.15. The van der Waals surface area contributed by atoms with Gasteiger partial charge in [-0.1, -0.05) is 78.8 Å². The Kier molecular flexibility index (Phi) is 7.76. The van der Waals surface area contributed by atoms with E-state index in [1.807, 2.05) is 85.7 Å². The second kappa shape index (κ2) is 11.0. The second-order valence-corrected chi connectivity index (χ2v) is 9.54. The average Bonchev–Trinajstić information content (AvgIpc) is 3.26. The minimum absolute atomic E-state index is 0.0503. The molecule has 2 aliphatic rings. The molecule has 0 saturated heterocycles. The van der Waals surface area contributed by atoms with Crippen LogP contribution in [0.1, 0.15) is 56.3 Å². The Balaban J connectivity index is 1.83. The maximum Gasteiger partial charge on any atom is 0.338 e. The predicted molar refractivity (Wildman–Crippen MR) is 141 cm³/mol. The van der Waals surface area contributed by atoms with Gasteiger partial charge in [0.15, 0.2) is 5.17 Å². The van der Waals surface area contributed by atoms with Crippen LogP contribution in [0.2, 0.25) is 0 Å². The minimum Gasteiger partial charge on any atom is -0.463 e. The number of nitrogens with one attached hydrogen (secondary N) is 1. The second-order valence-electron chi connectivity index (χ2n) is 8.71. The summed E-state index contributed by atoms with van der Waals surface area (Å²) < 4.78 is 5.54. The van der Waals surface area contributed by atoms with Crippen LogP contribution in [-0.4, -0.2) is 34.6 Å². The van der Waals surface area contributed by atoms with Gasteiger partial charge in [0.25, 0.3) is 0 Å². The van der Waals surface area contributed by atoms with Gasteiger partial charge >= 0.3 is 5.97 Å². The Morgan fingerprint density at radius 3 is 2.49 bits per heavy atom. The Morgan fingerprint density at radius 1 is 1.11 bits per heavy atom. The number of esters is 1. The molecule has 2 aromatic carbocycles. The molecule has 0 aromatic heterocycles. The highest BCUT2D eigenvalue weighted by atomic mass is 32.2. The monoisotopic (exact) mass is 489 g/mol. The van der Waals surface area contributed by atoms with Crippen LogP contribution >= 0.6 is 11.8 Å². The summed E-state index contributed by atoms with van der Waals surface area (Å²) in [7, 11) is 0. The molecule has 0 unspecified atom stereocenters. The third-order valence-corrected chi connectivity index (χ3v) is 7.00. The smallest absolute Gasteiger partial charge is 0.338 e. The minimum atomic E-state index is -0.463. The van der Waals surface area contributed by atoms with Gasteiger partial charge in [0.05, 0.1) is 30.3 Å². The number of nitrogens with zero attached hydrogens (tertiary/aromatic N) is 2. The standard InChI is InChI=1S/C28H31N3O3S/c1-5-19(4)29-23(32)16-22-17-35-28-30-25(20-10-8-7-9-11-20)24(27(33)34-6-2)26(31(22)28)21-14-12-18(3)13-15-21/h7-15,17,19,26H,5-6,16H2,1-4H3,(H,29,32)/t19-,26+/m1/s1. The lowest BCUT2D eigenvalue weighted by Gasteiger charge is -2.37. The number of amidine groups is 1. The van der Waals surface area contributed by atoms with Crippen LogP contribution < -0.4 is 5.32 Å². The van der Waals surface area contributed by atoms with Gasteiger partial charge < -0.3 is 15.0 Å². The molecule has 2 aromatic rings. The molecule has 2 heterocycles. The molecule has 7 heteroatoms. The molecule has 1 amide bonds. The number of amides is 1. The maximum atomic E-state index is 13.5. The number of hydrogen-bond acceptors (Lipinski definition) is 6. The van der Waals surface area contributed by atoms with Gasteiger partial charge in [-0.05, 0) is 38.2 Å². The van der Waals surface area contributed by atoms with E-state index in [1.165, 1.54) is 11.8 Å². The Bertz CT molecular complexity index is 1190. The van der Waals surface area contributed by atoms with Crippen LogP contribution in [0.15, 0.2) is 76.3 Å². The molecule has 0 saturated carbocycles. The van der Waals surface area contributed by atoms with E-state index in [-0.39, 0.29) is 25.0 Å². The molecule has 4 rings (SSSR count). The fourth-order valence-corrected chi connectivity index (χ4v) is 5.06. The van der Waals surface area contributed by atoms with Crippen molar-refractivity contribution in [2.24, 2.45) is 4.99 Å². The lowest BCUT2D eigenvalue weighted by atomic mass is 9.91. The molecule has 0 fully saturated rings. The Labute approximate surface area is 211 Å². The van der Waals surface area contributed by atoms with Gasteiger partial charge in [0, 0.05) is 17.3 Å². The molecule has 1 N–H and O–H groups in total. The number of rotatable bonds is 8. The summed E-state index contributed by atoms with van der Waals surface area (Å²) in [5.41, 5.74) is 4.81. The van der Waals surface area contributed by atoms with Crippen molar-refractivity contribution < 1.29 is 14.3 Å². The van der Waals surface area contributed by atoms with Gasteiger partial charge in [-0.3, -0.25) is 4.79 Å². The first-order chi connectivity index (χ1) is 16.9. The number of aliphatic imine (C=N–C) groups is 1. The van der Waals surface area contributed by atoms with Crippen LogP contribution in [0.5, 0.6) is 0 Å². The van der Waals surface area contributed by atoms with Crippen LogP contribution in [0, 0.1) is 6.92 Å². The van der Waals surface area contributed by atoms with Crippen LogP contribution in [0.4, 0.5) is 0 Å². The molecule has 2 aliphatic heterocycles. The topological polar surface area (TPSA) is 71.0 Å². The third-order valence-electron chi connectivity index (χ3n) is 6.11. The maximum absolute atomic E-state index is 13.5. The van der Waals surface area contributed by atoms with Crippen LogP contribution in [0.3, 0.4) is 0 Å². The molecule has 182 valence electrons. The summed E-state index contributed by atoms with van der Waals surface area (Å²) in [6.45, 7) is 8.13. The Hall–Kier alpha value is -3.32. The predicted octanol–water partition coefficient (Wildman–Crippen LogP) is 5.58. The molecule has 35 heavy (non-hydrogen) atoms. The molecule has 6 nitrogen and oxygen atoms in total. The van der Waals surface area contributed by atoms with E-state index >= 15 is 0 Å². The van der Waals surface area contributed by atoms with E-state index in [4.69, 9.17) is 9.73 Å². The van der Waals surface area contributed by atoms with Crippen LogP contribution in [0.25, 0.3) is 5.70 Å². The van der Waals surface area contributed by atoms with Crippen LogP contribution in [-0.2, 0) is 14.3 Å². The van der Waals surface area contributed by atoms with Crippen molar-refractivity contribution in [2.75, 3.05) is 6.61 Å². The molecule has 0 radical (unpaired) electrons. The van der Waals surface area contributed by atoms with Crippen molar-refractivity contribution in [3.05, 3.63) is 88.0 Å². The Morgan fingerprint density at radius 2 is 1.83 bits per heavy atom. The number of carbonyl (C=O) groups is 2. The molecular weight excluding hydrogens is 458 g/mol. The fraction of sp³-hybridized carbons (Fsp3) is 0.321. The lowest BCUT2D eigenvalue weighted by molar-refractivity contribution is -0.139. The highest BCUT2D eigenvalue weighted by molar-refractivity contribution is 8.16. The first-order valence-electron chi connectivity index (χ1n) is 12.0. The van der Waals surface area contributed by atoms with E-state index in [9.17, 15) is 9.59 Å². The normalized spacial score (nSPS) is 17.9. The van der Waals surface area contributed by atoms with Crippen molar-refractivity contribution in [1.82, 2.24) is 10.2 Å². The summed E-state index contributed by atoms with van der Waals surface area (Å²) in [4.78, 5) is 33.2. The van der Waals surface area contributed by atoms with Gasteiger partial charge in [0.2, 0.25) is 5.91 Å². The largest absolute Gasteiger partial charge is 0.463 e. The molecule has 0 bridgehead atoms. The van der Waals surface area contributed by atoms with Crippen molar-refractivity contribution in [2.45, 2.75) is 52.6 Å². The van der Waals surface area contributed by atoms with Gasteiger partial charge in [-0.2, -0.15) is 0 Å². The number of hydrogen-bond donors (Lipinski definition) is 1. The number of carbonyl (C=O) groups excluding carboxylic acids is 2. The lowest BCUT2D eigenvalue weighted by Crippen LogP contribution is -2.39. The molecule has 2 atom stereocenters. The zero-order valence-corrected chi connectivity index (χ0v) is 21.4. The molecular formula is C28H31N3O3S. The van der Waals surface area contributed by atoms with Crippen molar-refractivity contribution in [1.29, 1.82) is 0 Å². The van der Waals surface area contributed by atoms with Crippen molar-refractivity contribution in [3.8, 4) is 0 Å². The van der Waals surface area contributed by atoms with E-state index in [0.29, 0.717) is 11.3 Å². The highest BCUT2D eigenvalue weighted by Crippen LogP contribution is 2.47. The van der Waals surface area contributed by atoms with Crippen molar-refractivity contribution >= 4 is 34.5 Å². The summed E-state index contributed by atoms with van der Waals surface area (Å²) in [6, 6.07) is 17.5. The first kappa shape index (κ1) is 24.8.